The molecular formula is C18H22O8. The molecule has 0 spiro atoms. The molecule has 1 aromatic rings. The monoisotopic (exact) mass is 366 g/mol. The number of fused-ring (bicyclic) bond motifs is 1. The number of phenols is 1. The Morgan fingerprint density at radius 3 is 2.42 bits per heavy atom. The maximum absolute atomic E-state index is 12.5. The molecule has 142 valence electrons. The lowest BCUT2D eigenvalue weighted by Crippen LogP contribution is -2.40. The molecule has 2 rings (SSSR count). The number of carbonyl (C=O) groups excluding carboxylic acids is 2. The largest absolute Gasteiger partial charge is 0.507 e. The molecular weight excluding hydrogens is 344 g/mol. The van der Waals surface area contributed by atoms with Gasteiger partial charge in [-0.2, -0.15) is 0 Å². The molecule has 0 amide bonds. The summed E-state index contributed by atoms with van der Waals surface area (Å²) in [5, 5.41) is 31.8. The average molecular weight is 366 g/mol. The van der Waals surface area contributed by atoms with Crippen LogP contribution in [-0.2, 0) is 26.3 Å². The van der Waals surface area contributed by atoms with Crippen LogP contribution in [0.1, 0.15) is 34.8 Å². The van der Waals surface area contributed by atoms with Gasteiger partial charge in [0.05, 0.1) is 26.9 Å². The van der Waals surface area contributed by atoms with Crippen LogP contribution in [0.15, 0.2) is 17.9 Å². The van der Waals surface area contributed by atoms with E-state index in [9.17, 15) is 24.9 Å². The van der Waals surface area contributed by atoms with Gasteiger partial charge >= 0.3 is 5.97 Å². The summed E-state index contributed by atoms with van der Waals surface area (Å²) < 4.78 is 14.9. The van der Waals surface area contributed by atoms with Gasteiger partial charge < -0.3 is 29.5 Å². The number of carbonyl (C=O) groups is 2. The van der Waals surface area contributed by atoms with Crippen LogP contribution < -0.4 is 4.74 Å². The van der Waals surface area contributed by atoms with Gasteiger partial charge in [-0.1, -0.05) is 6.92 Å². The van der Waals surface area contributed by atoms with Crippen LogP contribution in [0.3, 0.4) is 0 Å². The number of aromatic hydroxyl groups is 1. The first-order valence-corrected chi connectivity index (χ1v) is 7.97. The van der Waals surface area contributed by atoms with E-state index in [1.165, 1.54) is 20.3 Å². The summed E-state index contributed by atoms with van der Waals surface area (Å²) >= 11 is 0. The molecule has 0 bridgehead atoms. The van der Waals surface area contributed by atoms with E-state index in [0.717, 1.165) is 13.2 Å². The van der Waals surface area contributed by atoms with Crippen LogP contribution in [0.5, 0.6) is 11.5 Å². The lowest BCUT2D eigenvalue weighted by atomic mass is 9.77. The average Bonchev–Trinajstić information content (AvgIpc) is 2.62. The smallest absolute Gasteiger partial charge is 0.334 e. The number of aliphatic hydroxyl groups is 2. The van der Waals surface area contributed by atoms with Crippen molar-refractivity contribution >= 4 is 11.8 Å². The summed E-state index contributed by atoms with van der Waals surface area (Å²) in [6, 6.07) is 1.40. The normalized spacial score (nSPS) is 20.1. The van der Waals surface area contributed by atoms with Crippen LogP contribution in [-0.4, -0.2) is 54.5 Å². The molecule has 2 atom stereocenters. The molecule has 0 unspecified atom stereocenters. The van der Waals surface area contributed by atoms with Gasteiger partial charge in [-0.05, 0) is 12.5 Å². The van der Waals surface area contributed by atoms with E-state index in [2.05, 4.69) is 4.74 Å². The minimum absolute atomic E-state index is 0.0173. The van der Waals surface area contributed by atoms with Crippen molar-refractivity contribution in [3.63, 3.8) is 0 Å². The Morgan fingerprint density at radius 2 is 1.92 bits per heavy atom. The number of ether oxygens (including phenoxy) is 3. The van der Waals surface area contributed by atoms with Crippen molar-refractivity contribution < 1.29 is 39.1 Å². The van der Waals surface area contributed by atoms with Crippen LogP contribution in [0.4, 0.5) is 0 Å². The molecule has 0 aliphatic heterocycles. The second-order valence-corrected chi connectivity index (χ2v) is 5.86. The number of ketones is 1. The number of esters is 1. The number of rotatable bonds is 6. The number of hydrogen-bond acceptors (Lipinski definition) is 8. The lowest BCUT2D eigenvalue weighted by Gasteiger charge is -2.36. The van der Waals surface area contributed by atoms with Crippen molar-refractivity contribution in [1.29, 1.82) is 0 Å². The number of hydrogen-bond donors (Lipinski definition) is 3. The quantitative estimate of drug-likeness (QED) is 0.632. The molecule has 0 heterocycles. The lowest BCUT2D eigenvalue weighted by molar-refractivity contribution is -0.154. The molecule has 1 aromatic carbocycles. The van der Waals surface area contributed by atoms with Gasteiger partial charge in [-0.3, -0.25) is 4.79 Å². The molecule has 1 aliphatic carbocycles. The molecule has 0 saturated heterocycles. The van der Waals surface area contributed by atoms with Crippen molar-refractivity contribution in [2.45, 2.75) is 31.5 Å². The van der Waals surface area contributed by atoms with Crippen molar-refractivity contribution in [2.75, 3.05) is 21.3 Å². The highest BCUT2D eigenvalue weighted by Crippen LogP contribution is 2.47. The van der Waals surface area contributed by atoms with E-state index in [1.807, 2.05) is 0 Å². The molecule has 8 heteroatoms. The third-order valence-electron chi connectivity index (χ3n) is 4.48. The van der Waals surface area contributed by atoms with Gasteiger partial charge in [0.1, 0.15) is 17.3 Å². The third-order valence-corrected chi connectivity index (χ3v) is 4.48. The predicted molar refractivity (Wildman–Crippen MR) is 90.0 cm³/mol. The first kappa shape index (κ1) is 19.7. The van der Waals surface area contributed by atoms with Gasteiger partial charge in [0.25, 0.3) is 0 Å². The van der Waals surface area contributed by atoms with E-state index < -0.39 is 29.9 Å². The van der Waals surface area contributed by atoms with Crippen LogP contribution >= 0.6 is 0 Å². The highest BCUT2D eigenvalue weighted by molar-refractivity contribution is 6.10. The number of allylic oxidation sites excluding steroid dienone is 1. The van der Waals surface area contributed by atoms with E-state index in [-0.39, 0.29) is 28.4 Å². The maximum Gasteiger partial charge on any atom is 0.334 e. The Balaban J connectivity index is 2.73. The Morgan fingerprint density at radius 1 is 1.27 bits per heavy atom. The van der Waals surface area contributed by atoms with Gasteiger partial charge in [0.15, 0.2) is 17.5 Å². The van der Waals surface area contributed by atoms with Crippen LogP contribution in [0.2, 0.25) is 0 Å². The summed E-state index contributed by atoms with van der Waals surface area (Å²) in [6.07, 6.45) is -0.797. The molecule has 0 radical (unpaired) electrons. The first-order valence-electron chi connectivity index (χ1n) is 7.97. The van der Waals surface area contributed by atoms with E-state index in [4.69, 9.17) is 9.47 Å². The molecule has 0 fully saturated rings. The van der Waals surface area contributed by atoms with E-state index in [1.54, 1.807) is 6.92 Å². The number of benzene rings is 1. The number of methoxy groups -OCH3 is 3. The zero-order valence-electron chi connectivity index (χ0n) is 15.0. The number of phenolic OH excluding ortho intramolecular Hbond substituents is 1. The zero-order chi connectivity index (χ0) is 19.6. The molecule has 26 heavy (non-hydrogen) atoms. The minimum Gasteiger partial charge on any atom is -0.507 e. The fourth-order valence-electron chi connectivity index (χ4n) is 3.17. The zero-order valence-corrected chi connectivity index (χ0v) is 15.0. The van der Waals surface area contributed by atoms with Crippen molar-refractivity contribution in [3.8, 4) is 11.5 Å². The molecule has 0 aromatic heterocycles. The summed E-state index contributed by atoms with van der Waals surface area (Å²) in [5.41, 5.74) is -1.77. The number of aliphatic hydroxyl groups excluding tert-OH is 1. The fraction of sp³-hybridized carbons (Fsp3) is 0.444. The SMILES string of the molecule is CCc1c(OC)cc2c(c1O)C(=O)C=C(OC)[C@@]2(O)C[C@@H](O)C(=O)OC. The van der Waals surface area contributed by atoms with Crippen molar-refractivity contribution in [1.82, 2.24) is 0 Å². The van der Waals surface area contributed by atoms with Gasteiger partial charge in [0, 0.05) is 23.6 Å². The van der Waals surface area contributed by atoms with Gasteiger partial charge in [0.2, 0.25) is 0 Å². The van der Waals surface area contributed by atoms with E-state index in [0.29, 0.717) is 12.0 Å². The molecule has 1 aliphatic rings. The maximum atomic E-state index is 12.5. The van der Waals surface area contributed by atoms with Crippen molar-refractivity contribution in [2.24, 2.45) is 0 Å². The third kappa shape index (κ3) is 3.02. The molecule has 3 N–H and O–H groups in total. The van der Waals surface area contributed by atoms with Crippen LogP contribution in [0, 0.1) is 0 Å². The predicted octanol–water partition coefficient (Wildman–Crippen LogP) is 0.801. The van der Waals surface area contributed by atoms with Crippen molar-refractivity contribution in [3.05, 3.63) is 34.6 Å². The Hall–Kier alpha value is -2.58. The minimum atomic E-state index is -2.04. The molecule has 0 saturated carbocycles. The summed E-state index contributed by atoms with van der Waals surface area (Å²) in [5.74, 6) is -1.73. The Labute approximate surface area is 150 Å². The first-order chi connectivity index (χ1) is 12.2. The Kier molecular flexibility index (Phi) is 5.58. The van der Waals surface area contributed by atoms with Gasteiger partial charge in [-0.25, -0.2) is 4.79 Å². The molecule has 8 nitrogen and oxygen atoms in total. The van der Waals surface area contributed by atoms with Crippen LogP contribution in [0.25, 0.3) is 0 Å². The fourth-order valence-corrected chi connectivity index (χ4v) is 3.17. The highest BCUT2D eigenvalue weighted by Gasteiger charge is 2.46. The second-order valence-electron chi connectivity index (χ2n) is 5.86. The van der Waals surface area contributed by atoms with E-state index >= 15 is 0 Å². The topological polar surface area (TPSA) is 123 Å². The second kappa shape index (κ2) is 7.35. The Bertz CT molecular complexity index is 767. The summed E-state index contributed by atoms with van der Waals surface area (Å²) in [4.78, 5) is 24.1. The van der Waals surface area contributed by atoms with Gasteiger partial charge in [-0.15, -0.1) is 0 Å². The summed E-state index contributed by atoms with van der Waals surface area (Å²) in [7, 11) is 3.74. The highest BCUT2D eigenvalue weighted by atomic mass is 16.5. The standard InChI is InChI=1S/C18H22O8/c1-5-9-13(24-2)6-10-15(16(9)21)11(19)7-14(25-3)18(10,23)8-12(20)17(22)26-4/h6-7,12,20-21,23H,5,8H2,1-4H3/t12-,18-/m1/s1. The summed E-state index contributed by atoms with van der Waals surface area (Å²) in [6.45, 7) is 1.78.